The van der Waals surface area contributed by atoms with Crippen LogP contribution in [-0.2, 0) is 13.1 Å². The summed E-state index contributed by atoms with van der Waals surface area (Å²) in [5, 5.41) is 6.46. The maximum atomic E-state index is 13.3. The van der Waals surface area contributed by atoms with Gasteiger partial charge in [-0.05, 0) is 50.1 Å². The molecule has 0 saturated heterocycles. The van der Waals surface area contributed by atoms with Crippen LogP contribution in [0.25, 0.3) is 0 Å². The van der Waals surface area contributed by atoms with Crippen LogP contribution in [-0.4, -0.2) is 17.5 Å². The van der Waals surface area contributed by atoms with E-state index >= 15 is 0 Å². The minimum absolute atomic E-state index is 0.187. The molecule has 4 nitrogen and oxygen atoms in total. The van der Waals surface area contributed by atoms with Crippen molar-refractivity contribution in [2.75, 3.05) is 6.54 Å². The highest BCUT2D eigenvalue weighted by Gasteiger charge is 2.01. The topological polar surface area (TPSA) is 49.3 Å². The molecule has 122 valence electrons. The van der Waals surface area contributed by atoms with Crippen LogP contribution in [0.5, 0.6) is 0 Å². The van der Waals surface area contributed by atoms with Gasteiger partial charge in [-0.3, -0.25) is 4.98 Å². The van der Waals surface area contributed by atoms with E-state index in [1.165, 1.54) is 6.07 Å². The van der Waals surface area contributed by atoms with E-state index in [9.17, 15) is 4.39 Å². The molecule has 1 aromatic carbocycles. The Morgan fingerprint density at radius 2 is 2.00 bits per heavy atom. The first kappa shape index (κ1) is 16.9. The second-order valence-corrected chi connectivity index (χ2v) is 5.40. The molecule has 0 unspecified atom stereocenters. The first-order chi connectivity index (χ1) is 11.1. The summed E-state index contributed by atoms with van der Waals surface area (Å²) in [6.07, 6.45) is 0. The van der Waals surface area contributed by atoms with Gasteiger partial charge in [0.25, 0.3) is 0 Å². The molecular weight excluding hydrogens is 291 g/mol. The van der Waals surface area contributed by atoms with Gasteiger partial charge in [-0.15, -0.1) is 0 Å². The van der Waals surface area contributed by atoms with Crippen LogP contribution >= 0.6 is 0 Å². The van der Waals surface area contributed by atoms with Crippen LogP contribution in [0.3, 0.4) is 0 Å². The molecule has 0 bridgehead atoms. The number of halogens is 1. The van der Waals surface area contributed by atoms with E-state index in [4.69, 9.17) is 0 Å². The van der Waals surface area contributed by atoms with Gasteiger partial charge in [-0.2, -0.15) is 0 Å². The number of benzene rings is 1. The Labute approximate surface area is 136 Å². The van der Waals surface area contributed by atoms with Gasteiger partial charge in [0.15, 0.2) is 5.96 Å². The molecule has 0 aliphatic rings. The van der Waals surface area contributed by atoms with Gasteiger partial charge in [0.1, 0.15) is 5.82 Å². The smallest absolute Gasteiger partial charge is 0.191 e. The van der Waals surface area contributed by atoms with Crippen molar-refractivity contribution in [3.05, 3.63) is 64.7 Å². The zero-order chi connectivity index (χ0) is 16.7. The van der Waals surface area contributed by atoms with Crippen LogP contribution < -0.4 is 10.6 Å². The first-order valence-corrected chi connectivity index (χ1v) is 7.78. The van der Waals surface area contributed by atoms with Crippen LogP contribution in [0, 0.1) is 19.7 Å². The summed E-state index contributed by atoms with van der Waals surface area (Å²) in [6.45, 7) is 7.63. The molecule has 0 spiro atoms. The summed E-state index contributed by atoms with van der Waals surface area (Å²) in [4.78, 5) is 8.99. The highest BCUT2D eigenvalue weighted by molar-refractivity contribution is 5.79. The van der Waals surface area contributed by atoms with Gasteiger partial charge in [-0.1, -0.05) is 18.2 Å². The highest BCUT2D eigenvalue weighted by atomic mass is 19.1. The van der Waals surface area contributed by atoms with Crippen LogP contribution in [0.1, 0.15) is 29.4 Å². The summed E-state index contributed by atoms with van der Waals surface area (Å²) in [5.74, 6) is 0.533. The fourth-order valence-electron chi connectivity index (χ4n) is 2.19. The number of pyridine rings is 1. The van der Waals surface area contributed by atoms with Crippen LogP contribution in [0.2, 0.25) is 0 Å². The SMILES string of the molecule is CCNC(=NCc1ccc(F)c(C)c1)NCc1cccc(C)n1. The average molecular weight is 314 g/mol. The van der Waals surface area contributed by atoms with Gasteiger partial charge in [-0.25, -0.2) is 9.38 Å². The molecule has 2 rings (SSSR count). The van der Waals surface area contributed by atoms with Crippen molar-refractivity contribution >= 4 is 5.96 Å². The number of hydrogen-bond acceptors (Lipinski definition) is 2. The molecule has 0 aliphatic carbocycles. The molecule has 0 radical (unpaired) electrons. The number of nitrogens with one attached hydrogen (secondary N) is 2. The number of nitrogens with zero attached hydrogens (tertiary/aromatic N) is 2. The first-order valence-electron chi connectivity index (χ1n) is 7.78. The summed E-state index contributed by atoms with van der Waals surface area (Å²) in [5.41, 5.74) is 3.58. The molecule has 0 fully saturated rings. The standard InChI is InChI=1S/C18H23FN4/c1-4-20-18(22-12-16-7-5-6-14(3)23-16)21-11-15-8-9-17(19)13(2)10-15/h5-10H,4,11-12H2,1-3H3,(H2,20,21,22). The van der Waals surface area contributed by atoms with E-state index in [1.807, 2.05) is 38.1 Å². The molecule has 1 aromatic heterocycles. The monoisotopic (exact) mass is 314 g/mol. The number of hydrogen-bond donors (Lipinski definition) is 2. The predicted molar refractivity (Wildman–Crippen MR) is 91.8 cm³/mol. The minimum atomic E-state index is -0.187. The molecule has 2 N–H and O–H groups in total. The number of aliphatic imine (C=N–C) groups is 1. The maximum Gasteiger partial charge on any atom is 0.191 e. The Morgan fingerprint density at radius 1 is 1.17 bits per heavy atom. The zero-order valence-corrected chi connectivity index (χ0v) is 13.9. The Kier molecular flexibility index (Phi) is 6.09. The normalized spacial score (nSPS) is 11.4. The Morgan fingerprint density at radius 3 is 2.70 bits per heavy atom. The molecule has 2 aromatic rings. The number of aryl methyl sites for hydroxylation is 2. The molecule has 0 saturated carbocycles. The summed E-state index contributed by atoms with van der Waals surface area (Å²) in [6, 6.07) is 11.0. The van der Waals surface area contributed by atoms with Crippen molar-refractivity contribution in [1.82, 2.24) is 15.6 Å². The number of rotatable bonds is 5. The van der Waals surface area contributed by atoms with Crippen LogP contribution in [0.4, 0.5) is 4.39 Å². The van der Waals surface area contributed by atoms with E-state index in [0.717, 1.165) is 29.5 Å². The highest BCUT2D eigenvalue weighted by Crippen LogP contribution is 2.10. The second-order valence-electron chi connectivity index (χ2n) is 5.40. The van der Waals surface area contributed by atoms with Crippen molar-refractivity contribution in [2.24, 2.45) is 4.99 Å². The van der Waals surface area contributed by atoms with Crippen molar-refractivity contribution < 1.29 is 4.39 Å². The molecular formula is C18H23FN4. The van der Waals surface area contributed by atoms with E-state index in [0.29, 0.717) is 18.7 Å². The van der Waals surface area contributed by atoms with Crippen molar-refractivity contribution in [3.63, 3.8) is 0 Å². The fraction of sp³-hybridized carbons (Fsp3) is 0.333. The van der Waals surface area contributed by atoms with E-state index in [1.54, 1.807) is 13.0 Å². The van der Waals surface area contributed by atoms with Gasteiger partial charge >= 0.3 is 0 Å². The Hall–Kier alpha value is -2.43. The van der Waals surface area contributed by atoms with Crippen molar-refractivity contribution in [2.45, 2.75) is 33.9 Å². The third kappa shape index (κ3) is 5.36. The van der Waals surface area contributed by atoms with Gasteiger partial charge in [0, 0.05) is 12.2 Å². The lowest BCUT2D eigenvalue weighted by atomic mass is 10.1. The third-order valence-corrected chi connectivity index (χ3v) is 3.37. The number of aromatic nitrogens is 1. The lowest BCUT2D eigenvalue weighted by molar-refractivity contribution is 0.617. The molecule has 5 heteroatoms. The average Bonchev–Trinajstić information content (AvgIpc) is 2.53. The quantitative estimate of drug-likeness (QED) is 0.658. The van der Waals surface area contributed by atoms with E-state index in [-0.39, 0.29) is 5.82 Å². The van der Waals surface area contributed by atoms with Gasteiger partial charge in [0.05, 0.1) is 18.8 Å². The molecule has 0 amide bonds. The van der Waals surface area contributed by atoms with E-state index in [2.05, 4.69) is 20.6 Å². The summed E-state index contributed by atoms with van der Waals surface area (Å²) in [7, 11) is 0. The summed E-state index contributed by atoms with van der Waals surface area (Å²) >= 11 is 0. The number of guanidine groups is 1. The van der Waals surface area contributed by atoms with Crippen LogP contribution in [0.15, 0.2) is 41.4 Å². The zero-order valence-electron chi connectivity index (χ0n) is 13.9. The van der Waals surface area contributed by atoms with Crippen molar-refractivity contribution in [1.29, 1.82) is 0 Å². The Bertz CT molecular complexity index is 682. The molecule has 1 heterocycles. The lowest BCUT2D eigenvalue weighted by Gasteiger charge is -2.11. The second kappa shape index (κ2) is 8.27. The van der Waals surface area contributed by atoms with Crippen molar-refractivity contribution in [3.8, 4) is 0 Å². The largest absolute Gasteiger partial charge is 0.357 e. The predicted octanol–water partition coefficient (Wildman–Crippen LogP) is 3.09. The van der Waals surface area contributed by atoms with E-state index < -0.39 is 0 Å². The molecule has 23 heavy (non-hydrogen) atoms. The lowest BCUT2D eigenvalue weighted by Crippen LogP contribution is -2.37. The Balaban J connectivity index is 2.00. The van der Waals surface area contributed by atoms with Gasteiger partial charge < -0.3 is 10.6 Å². The summed E-state index contributed by atoms with van der Waals surface area (Å²) < 4.78 is 13.3. The molecule has 0 aliphatic heterocycles. The third-order valence-electron chi connectivity index (χ3n) is 3.37. The fourth-order valence-corrected chi connectivity index (χ4v) is 2.19. The maximum absolute atomic E-state index is 13.3. The van der Waals surface area contributed by atoms with Gasteiger partial charge in [0.2, 0.25) is 0 Å². The molecule has 0 atom stereocenters. The minimum Gasteiger partial charge on any atom is -0.357 e.